The van der Waals surface area contributed by atoms with Crippen LogP contribution in [0, 0.1) is 12.8 Å². The Balaban J connectivity index is 1.64. The zero-order valence-corrected chi connectivity index (χ0v) is 20.0. The summed E-state index contributed by atoms with van der Waals surface area (Å²) in [6.07, 6.45) is 4.44. The zero-order valence-electron chi connectivity index (χ0n) is 19.2. The van der Waals surface area contributed by atoms with E-state index in [0.29, 0.717) is 16.6 Å². The van der Waals surface area contributed by atoms with Crippen molar-refractivity contribution in [1.82, 2.24) is 9.80 Å². The lowest BCUT2D eigenvalue weighted by Crippen LogP contribution is -2.54. The summed E-state index contributed by atoms with van der Waals surface area (Å²) in [5.41, 5.74) is 1.66. The molecule has 31 heavy (non-hydrogen) atoms. The molecule has 1 aromatic carbocycles. The topological polar surface area (TPSA) is 72.9 Å². The SMILES string of the molecule is Cc1c(CN2CCN(C(=O)C3CCCC3)C(C)C2)cc(Cl)cc1NC(=O)CC(C)(C)O. The lowest BCUT2D eigenvalue weighted by molar-refractivity contribution is -0.140. The van der Waals surface area contributed by atoms with E-state index in [1.807, 2.05) is 13.0 Å². The Kier molecular flexibility index (Phi) is 7.66. The minimum atomic E-state index is -1.06. The summed E-state index contributed by atoms with van der Waals surface area (Å²) >= 11 is 6.35. The minimum Gasteiger partial charge on any atom is -0.390 e. The van der Waals surface area contributed by atoms with Gasteiger partial charge in [-0.05, 0) is 63.8 Å². The van der Waals surface area contributed by atoms with Crippen LogP contribution in [0.4, 0.5) is 5.69 Å². The van der Waals surface area contributed by atoms with Crippen molar-refractivity contribution in [1.29, 1.82) is 0 Å². The summed E-state index contributed by atoms with van der Waals surface area (Å²) in [6.45, 7) is 10.5. The van der Waals surface area contributed by atoms with Gasteiger partial charge in [-0.1, -0.05) is 24.4 Å². The van der Waals surface area contributed by atoms with Crippen molar-refractivity contribution in [2.24, 2.45) is 5.92 Å². The summed E-state index contributed by atoms with van der Waals surface area (Å²) < 4.78 is 0. The predicted molar refractivity (Wildman–Crippen MR) is 124 cm³/mol. The summed E-state index contributed by atoms with van der Waals surface area (Å²) in [7, 11) is 0. The highest BCUT2D eigenvalue weighted by atomic mass is 35.5. The molecule has 2 fully saturated rings. The second-order valence-corrected chi connectivity index (χ2v) is 10.3. The second kappa shape index (κ2) is 9.88. The molecule has 6 nitrogen and oxygen atoms in total. The van der Waals surface area contributed by atoms with Gasteiger partial charge in [-0.3, -0.25) is 14.5 Å². The maximum atomic E-state index is 12.9. The average Bonchev–Trinajstić information content (AvgIpc) is 3.18. The average molecular weight is 450 g/mol. The monoisotopic (exact) mass is 449 g/mol. The number of halogens is 1. The number of piperazine rings is 1. The summed E-state index contributed by atoms with van der Waals surface area (Å²) in [5, 5.41) is 13.4. The molecular weight excluding hydrogens is 414 g/mol. The summed E-state index contributed by atoms with van der Waals surface area (Å²) in [6, 6.07) is 3.89. The maximum absolute atomic E-state index is 12.9. The smallest absolute Gasteiger partial charge is 0.227 e. The van der Waals surface area contributed by atoms with Crippen molar-refractivity contribution >= 4 is 29.1 Å². The first-order valence-electron chi connectivity index (χ1n) is 11.4. The third kappa shape index (κ3) is 6.43. The van der Waals surface area contributed by atoms with Gasteiger partial charge in [0.2, 0.25) is 11.8 Å². The highest BCUT2D eigenvalue weighted by Crippen LogP contribution is 2.30. The molecule has 3 rings (SSSR count). The second-order valence-electron chi connectivity index (χ2n) is 9.87. The van der Waals surface area contributed by atoms with Gasteiger partial charge in [0.15, 0.2) is 0 Å². The zero-order chi connectivity index (χ0) is 22.8. The molecule has 7 heteroatoms. The molecular formula is C24H36ClN3O3. The molecule has 0 bridgehead atoms. The van der Waals surface area contributed by atoms with Gasteiger partial charge in [-0.25, -0.2) is 0 Å². The normalized spacial score (nSPS) is 20.8. The van der Waals surface area contributed by atoms with Crippen LogP contribution in [0.3, 0.4) is 0 Å². The Bertz CT molecular complexity index is 815. The number of hydrogen-bond acceptors (Lipinski definition) is 4. The van der Waals surface area contributed by atoms with E-state index in [0.717, 1.165) is 50.1 Å². The van der Waals surface area contributed by atoms with Crippen molar-refractivity contribution < 1.29 is 14.7 Å². The van der Waals surface area contributed by atoms with E-state index in [2.05, 4.69) is 22.0 Å². The van der Waals surface area contributed by atoms with E-state index >= 15 is 0 Å². The van der Waals surface area contributed by atoms with Crippen LogP contribution in [-0.2, 0) is 16.1 Å². The Morgan fingerprint density at radius 1 is 1.23 bits per heavy atom. The van der Waals surface area contributed by atoms with Crippen molar-refractivity contribution in [3.8, 4) is 0 Å². The molecule has 1 saturated heterocycles. The fraction of sp³-hybridized carbons (Fsp3) is 0.667. The minimum absolute atomic E-state index is 0.0167. The number of nitrogens with one attached hydrogen (secondary N) is 1. The Labute approximate surface area is 190 Å². The molecule has 1 atom stereocenters. The molecule has 1 aliphatic carbocycles. The summed E-state index contributed by atoms with van der Waals surface area (Å²) in [4.78, 5) is 29.6. The van der Waals surface area contributed by atoms with Gasteiger partial charge in [0.25, 0.3) is 0 Å². The van der Waals surface area contributed by atoms with Gasteiger partial charge >= 0.3 is 0 Å². The molecule has 1 saturated carbocycles. The first kappa shape index (κ1) is 24.0. The molecule has 172 valence electrons. The molecule has 0 spiro atoms. The molecule has 2 aliphatic rings. The Hall–Kier alpha value is -1.63. The molecule has 1 aliphatic heterocycles. The first-order chi connectivity index (χ1) is 14.5. The Morgan fingerprint density at radius 2 is 1.90 bits per heavy atom. The number of rotatable bonds is 6. The van der Waals surface area contributed by atoms with E-state index in [9.17, 15) is 14.7 Å². The number of carbonyl (C=O) groups excluding carboxylic acids is 2. The van der Waals surface area contributed by atoms with E-state index in [1.165, 1.54) is 12.8 Å². The van der Waals surface area contributed by atoms with E-state index < -0.39 is 5.60 Å². The van der Waals surface area contributed by atoms with Crippen LogP contribution < -0.4 is 5.32 Å². The predicted octanol–water partition coefficient (Wildman–Crippen LogP) is 3.97. The number of nitrogens with zero attached hydrogens (tertiary/aromatic N) is 2. The van der Waals surface area contributed by atoms with Crippen molar-refractivity contribution in [2.75, 3.05) is 25.0 Å². The van der Waals surface area contributed by atoms with Gasteiger partial charge in [-0.15, -0.1) is 0 Å². The third-order valence-corrected chi connectivity index (χ3v) is 6.66. The lowest BCUT2D eigenvalue weighted by Gasteiger charge is -2.41. The number of hydrogen-bond donors (Lipinski definition) is 2. The molecule has 1 aromatic rings. The van der Waals surface area contributed by atoms with Crippen LogP contribution >= 0.6 is 11.6 Å². The van der Waals surface area contributed by atoms with Gasteiger partial charge in [0.1, 0.15) is 0 Å². The van der Waals surface area contributed by atoms with Gasteiger partial charge < -0.3 is 15.3 Å². The van der Waals surface area contributed by atoms with Crippen LogP contribution in [0.15, 0.2) is 12.1 Å². The maximum Gasteiger partial charge on any atom is 0.227 e. The Morgan fingerprint density at radius 3 is 2.52 bits per heavy atom. The van der Waals surface area contributed by atoms with Crippen LogP contribution in [0.1, 0.15) is 64.0 Å². The van der Waals surface area contributed by atoms with E-state index in [4.69, 9.17) is 11.6 Å². The number of amides is 2. The van der Waals surface area contributed by atoms with Gasteiger partial charge in [0, 0.05) is 48.8 Å². The highest BCUT2D eigenvalue weighted by Gasteiger charge is 2.33. The molecule has 1 heterocycles. The van der Waals surface area contributed by atoms with Crippen LogP contribution in [0.2, 0.25) is 5.02 Å². The standard InChI is InChI=1S/C24H36ClN3O3/c1-16-14-27(9-10-28(16)23(30)18-7-5-6-8-18)15-19-11-20(25)12-21(17(19)2)26-22(29)13-24(3,4)31/h11-12,16,18,31H,5-10,13-15H2,1-4H3,(H,26,29). The van der Waals surface area contributed by atoms with Crippen molar-refractivity contribution in [3.05, 3.63) is 28.3 Å². The number of anilines is 1. The van der Waals surface area contributed by atoms with E-state index in [1.54, 1.807) is 19.9 Å². The molecule has 1 unspecified atom stereocenters. The largest absolute Gasteiger partial charge is 0.390 e. The molecule has 0 radical (unpaired) electrons. The highest BCUT2D eigenvalue weighted by molar-refractivity contribution is 6.31. The molecule has 0 aromatic heterocycles. The van der Waals surface area contributed by atoms with E-state index in [-0.39, 0.29) is 24.3 Å². The van der Waals surface area contributed by atoms with Crippen molar-refractivity contribution in [3.63, 3.8) is 0 Å². The quantitative estimate of drug-likeness (QED) is 0.689. The van der Waals surface area contributed by atoms with Crippen molar-refractivity contribution in [2.45, 2.75) is 78.0 Å². The first-order valence-corrected chi connectivity index (χ1v) is 11.8. The van der Waals surface area contributed by atoms with Crippen LogP contribution in [0.5, 0.6) is 0 Å². The number of benzene rings is 1. The fourth-order valence-electron chi connectivity index (χ4n) is 4.77. The lowest BCUT2D eigenvalue weighted by atomic mass is 10.0. The number of aliphatic hydroxyl groups is 1. The third-order valence-electron chi connectivity index (χ3n) is 6.44. The van der Waals surface area contributed by atoms with Gasteiger partial charge in [-0.2, -0.15) is 0 Å². The summed E-state index contributed by atoms with van der Waals surface area (Å²) in [5.74, 6) is 0.316. The molecule has 2 amide bonds. The molecule has 2 N–H and O–H groups in total. The number of carbonyl (C=O) groups is 2. The van der Waals surface area contributed by atoms with Gasteiger partial charge in [0.05, 0.1) is 12.0 Å². The van der Waals surface area contributed by atoms with Crippen LogP contribution in [0.25, 0.3) is 0 Å². The van der Waals surface area contributed by atoms with Crippen LogP contribution in [-0.4, -0.2) is 58.0 Å². The fourth-order valence-corrected chi connectivity index (χ4v) is 5.01.